The molecule has 7 nitrogen and oxygen atoms in total. The molecule has 152 valence electrons. The van der Waals surface area contributed by atoms with Gasteiger partial charge in [-0.05, 0) is 31.0 Å². The lowest BCUT2D eigenvalue weighted by Gasteiger charge is -2.39. The fourth-order valence-corrected chi connectivity index (χ4v) is 4.85. The van der Waals surface area contributed by atoms with Crippen molar-refractivity contribution in [2.24, 2.45) is 5.73 Å². The number of nitrogens with two attached hydrogens (primary N) is 1. The Labute approximate surface area is 173 Å². The summed E-state index contributed by atoms with van der Waals surface area (Å²) in [6.45, 7) is 0. The van der Waals surface area contributed by atoms with E-state index < -0.39 is 22.5 Å². The van der Waals surface area contributed by atoms with E-state index >= 15 is 0 Å². The monoisotopic (exact) mass is 428 g/mol. The number of allylic oxidation sites excluding steroid dienone is 3. The number of benzene rings is 1. The standard InChI is InChI=1S/C20H14F2N4O3S/c21-10-4-5-13(12(22)8-10)25-14-2-1-3-15(27)19(14)18(11(9-23)20(25)24)16-6-7-17(30-16)26(28)29/h4-8,18H,1-3,24H2/t18-/m1/s1. The predicted molar refractivity (Wildman–Crippen MR) is 105 cm³/mol. The lowest BCUT2D eigenvalue weighted by molar-refractivity contribution is -0.380. The van der Waals surface area contributed by atoms with Crippen LogP contribution in [0.1, 0.15) is 30.1 Å². The van der Waals surface area contributed by atoms with E-state index in [-0.39, 0.29) is 39.9 Å². The van der Waals surface area contributed by atoms with Gasteiger partial charge in [0.15, 0.2) is 5.78 Å². The average molecular weight is 428 g/mol. The number of hydrogen-bond donors (Lipinski definition) is 1. The van der Waals surface area contributed by atoms with Crippen molar-refractivity contribution >= 4 is 27.8 Å². The molecular formula is C20H14F2N4O3S. The maximum Gasteiger partial charge on any atom is 0.324 e. The number of anilines is 1. The topological polar surface area (TPSA) is 113 Å². The van der Waals surface area contributed by atoms with Crippen molar-refractivity contribution < 1.29 is 18.5 Å². The summed E-state index contributed by atoms with van der Waals surface area (Å²) in [7, 11) is 0. The van der Waals surface area contributed by atoms with Gasteiger partial charge in [0, 0.05) is 34.7 Å². The minimum atomic E-state index is -0.884. The lowest BCUT2D eigenvalue weighted by Crippen LogP contribution is -2.39. The van der Waals surface area contributed by atoms with Crippen LogP contribution in [0.2, 0.25) is 0 Å². The molecule has 0 saturated heterocycles. The molecule has 0 saturated carbocycles. The van der Waals surface area contributed by atoms with Crippen molar-refractivity contribution in [2.45, 2.75) is 25.2 Å². The van der Waals surface area contributed by atoms with Crippen molar-refractivity contribution in [2.75, 3.05) is 4.90 Å². The van der Waals surface area contributed by atoms with Gasteiger partial charge in [-0.2, -0.15) is 5.26 Å². The molecule has 2 aromatic rings. The number of nitriles is 1. The van der Waals surface area contributed by atoms with E-state index in [1.807, 2.05) is 6.07 Å². The number of hydrogen-bond acceptors (Lipinski definition) is 7. The number of ketones is 1. The van der Waals surface area contributed by atoms with Crippen molar-refractivity contribution in [3.63, 3.8) is 0 Å². The summed E-state index contributed by atoms with van der Waals surface area (Å²) in [5, 5.41) is 20.8. The Kier molecular flexibility index (Phi) is 4.83. The molecule has 4 rings (SSSR count). The summed E-state index contributed by atoms with van der Waals surface area (Å²) in [6, 6.07) is 7.77. The summed E-state index contributed by atoms with van der Waals surface area (Å²) in [6.07, 6.45) is 1.13. The third kappa shape index (κ3) is 3.04. The van der Waals surface area contributed by atoms with E-state index in [1.54, 1.807) is 0 Å². The first-order valence-corrected chi connectivity index (χ1v) is 9.80. The van der Waals surface area contributed by atoms with Gasteiger partial charge in [0.1, 0.15) is 17.5 Å². The second kappa shape index (κ2) is 7.35. The van der Waals surface area contributed by atoms with Crippen LogP contribution in [0.25, 0.3) is 0 Å². The van der Waals surface area contributed by atoms with E-state index in [1.165, 1.54) is 23.1 Å². The number of carbonyl (C=O) groups is 1. The van der Waals surface area contributed by atoms with Gasteiger partial charge in [-0.15, -0.1) is 0 Å². The van der Waals surface area contributed by atoms with Crippen LogP contribution >= 0.6 is 11.3 Å². The van der Waals surface area contributed by atoms with Gasteiger partial charge in [0.05, 0.1) is 28.2 Å². The number of rotatable bonds is 3. The molecule has 0 radical (unpaired) electrons. The zero-order chi connectivity index (χ0) is 21.6. The second-order valence-electron chi connectivity index (χ2n) is 6.85. The number of halogens is 2. The first-order valence-electron chi connectivity index (χ1n) is 8.98. The maximum absolute atomic E-state index is 14.6. The van der Waals surface area contributed by atoms with Gasteiger partial charge in [0.25, 0.3) is 0 Å². The van der Waals surface area contributed by atoms with Crippen LogP contribution in [0, 0.1) is 33.1 Å². The number of carbonyl (C=O) groups excluding carboxylic acids is 1. The molecule has 10 heteroatoms. The minimum absolute atomic E-state index is 0.00975. The normalized spacial score (nSPS) is 19.0. The number of Topliss-reactive ketones (excluding diaryl/α,β-unsaturated/α-hetero) is 1. The molecule has 1 aromatic carbocycles. The van der Waals surface area contributed by atoms with Crippen molar-refractivity contribution in [1.82, 2.24) is 0 Å². The predicted octanol–water partition coefficient (Wildman–Crippen LogP) is 4.24. The van der Waals surface area contributed by atoms with Crippen molar-refractivity contribution in [1.29, 1.82) is 5.26 Å². The number of thiophene rings is 1. The Morgan fingerprint density at radius 1 is 1.27 bits per heavy atom. The molecule has 0 amide bonds. The quantitative estimate of drug-likeness (QED) is 0.578. The van der Waals surface area contributed by atoms with E-state index in [4.69, 9.17) is 5.73 Å². The third-order valence-corrected chi connectivity index (χ3v) is 6.24. The van der Waals surface area contributed by atoms with Gasteiger partial charge in [-0.1, -0.05) is 11.3 Å². The number of nitro groups is 1. The summed E-state index contributed by atoms with van der Waals surface area (Å²) in [4.78, 5) is 25.2. The molecule has 1 atom stereocenters. The summed E-state index contributed by atoms with van der Waals surface area (Å²) < 4.78 is 28.0. The zero-order valence-corrected chi connectivity index (χ0v) is 16.2. The van der Waals surface area contributed by atoms with Gasteiger partial charge in [-0.25, -0.2) is 8.78 Å². The van der Waals surface area contributed by atoms with E-state index in [0.717, 1.165) is 17.4 Å². The molecule has 0 bridgehead atoms. The maximum atomic E-state index is 14.6. The molecule has 0 unspecified atom stereocenters. The molecule has 0 fully saturated rings. The van der Waals surface area contributed by atoms with Crippen LogP contribution in [0.5, 0.6) is 0 Å². The highest BCUT2D eigenvalue weighted by molar-refractivity contribution is 7.15. The molecular weight excluding hydrogens is 414 g/mol. The first kappa shape index (κ1) is 19.7. The van der Waals surface area contributed by atoms with Crippen LogP contribution in [0.4, 0.5) is 19.5 Å². The summed E-state index contributed by atoms with van der Waals surface area (Å²) in [5.41, 5.74) is 6.88. The highest BCUT2D eigenvalue weighted by atomic mass is 32.1. The van der Waals surface area contributed by atoms with Crippen LogP contribution in [0.3, 0.4) is 0 Å². The highest BCUT2D eigenvalue weighted by Gasteiger charge is 2.41. The van der Waals surface area contributed by atoms with E-state index in [9.17, 15) is 29.0 Å². The average Bonchev–Trinajstić information content (AvgIpc) is 3.18. The second-order valence-corrected chi connectivity index (χ2v) is 7.94. The Morgan fingerprint density at radius 2 is 2.03 bits per heavy atom. The zero-order valence-electron chi connectivity index (χ0n) is 15.4. The van der Waals surface area contributed by atoms with E-state index in [2.05, 4.69) is 0 Å². The van der Waals surface area contributed by atoms with Gasteiger partial charge < -0.3 is 5.73 Å². The van der Waals surface area contributed by atoms with Gasteiger partial charge in [0.2, 0.25) is 0 Å². The Bertz CT molecular complexity index is 1190. The summed E-state index contributed by atoms with van der Waals surface area (Å²) >= 11 is 0.860. The molecule has 2 heterocycles. The van der Waals surface area contributed by atoms with Gasteiger partial charge in [-0.3, -0.25) is 19.8 Å². The lowest BCUT2D eigenvalue weighted by atomic mass is 9.78. The number of nitrogens with zero attached hydrogens (tertiary/aromatic N) is 3. The van der Waals surface area contributed by atoms with Crippen LogP contribution in [0.15, 0.2) is 53.0 Å². The van der Waals surface area contributed by atoms with Crippen molar-refractivity contribution in [3.05, 3.63) is 79.6 Å². The smallest absolute Gasteiger partial charge is 0.324 e. The molecule has 1 aromatic heterocycles. The molecule has 2 aliphatic rings. The van der Waals surface area contributed by atoms with Crippen LogP contribution in [-0.4, -0.2) is 10.7 Å². The summed E-state index contributed by atoms with van der Waals surface area (Å²) in [5.74, 6) is -2.84. The molecule has 0 spiro atoms. The fraction of sp³-hybridized carbons (Fsp3) is 0.200. The molecule has 1 aliphatic carbocycles. The third-order valence-electron chi connectivity index (χ3n) is 5.14. The Balaban J connectivity index is 1.96. The molecule has 2 N–H and O–H groups in total. The van der Waals surface area contributed by atoms with Crippen LogP contribution in [-0.2, 0) is 4.79 Å². The molecule has 30 heavy (non-hydrogen) atoms. The Morgan fingerprint density at radius 3 is 2.67 bits per heavy atom. The highest BCUT2D eigenvalue weighted by Crippen LogP contribution is 2.48. The molecule has 1 aliphatic heterocycles. The van der Waals surface area contributed by atoms with Gasteiger partial charge >= 0.3 is 5.00 Å². The van der Waals surface area contributed by atoms with E-state index in [0.29, 0.717) is 29.5 Å². The largest absolute Gasteiger partial charge is 0.384 e. The minimum Gasteiger partial charge on any atom is -0.384 e. The Hall–Kier alpha value is -3.58. The SMILES string of the molecule is N#CC1=C(N)N(c2ccc(F)cc2F)C2=C(C(=O)CCC2)[C@H]1c1ccc([N+](=O)[O-])s1. The van der Waals surface area contributed by atoms with Crippen LogP contribution < -0.4 is 10.6 Å². The fourth-order valence-electron chi connectivity index (χ4n) is 3.90. The van der Waals surface area contributed by atoms with Crippen molar-refractivity contribution in [3.8, 4) is 6.07 Å². The first-order chi connectivity index (χ1) is 14.3.